The molecule has 7 heteroatoms. The van der Waals surface area contributed by atoms with Crippen LogP contribution in [0.2, 0.25) is 0 Å². The van der Waals surface area contributed by atoms with Gasteiger partial charge in [0.05, 0.1) is 29.4 Å². The summed E-state index contributed by atoms with van der Waals surface area (Å²) in [7, 11) is 3.42. The maximum absolute atomic E-state index is 13.2. The van der Waals surface area contributed by atoms with E-state index in [2.05, 4.69) is 23.5 Å². The van der Waals surface area contributed by atoms with E-state index in [4.69, 9.17) is 4.74 Å². The van der Waals surface area contributed by atoms with E-state index in [0.717, 1.165) is 11.3 Å². The Hall–Kier alpha value is -3.87. The van der Waals surface area contributed by atoms with E-state index in [-0.39, 0.29) is 11.8 Å². The number of ether oxygens (including phenoxy) is 1. The number of fused-ring (bicyclic) bond motifs is 1. The molecule has 1 aromatic heterocycles. The normalized spacial score (nSPS) is 10.6. The van der Waals surface area contributed by atoms with Gasteiger partial charge in [-0.15, -0.1) is 13.2 Å². The molecule has 0 bridgehead atoms. The summed E-state index contributed by atoms with van der Waals surface area (Å²) in [5.41, 5.74) is 2.73. The molecular formula is C25H28N4O3. The highest BCUT2D eigenvalue weighted by atomic mass is 16.5. The zero-order chi connectivity index (χ0) is 23.3. The average Bonchev–Trinajstić information content (AvgIpc) is 3.14. The molecule has 1 heterocycles. The largest absolute Gasteiger partial charge is 0.496 e. The number of benzene rings is 2. The van der Waals surface area contributed by atoms with Crippen LogP contribution in [-0.2, 0) is 13.5 Å². The Bertz CT molecular complexity index is 1170. The van der Waals surface area contributed by atoms with E-state index < -0.39 is 0 Å². The van der Waals surface area contributed by atoms with Crippen molar-refractivity contribution in [3.05, 3.63) is 78.7 Å². The van der Waals surface area contributed by atoms with Gasteiger partial charge in [0.1, 0.15) is 11.6 Å². The van der Waals surface area contributed by atoms with Gasteiger partial charge in [-0.3, -0.25) is 9.59 Å². The Morgan fingerprint density at radius 1 is 1.19 bits per heavy atom. The molecule has 0 aliphatic rings. The van der Waals surface area contributed by atoms with Crippen molar-refractivity contribution < 1.29 is 14.3 Å². The van der Waals surface area contributed by atoms with E-state index in [0.29, 0.717) is 47.6 Å². The molecule has 2 aromatic carbocycles. The predicted molar refractivity (Wildman–Crippen MR) is 127 cm³/mol. The number of amides is 2. The lowest BCUT2D eigenvalue weighted by molar-refractivity contribution is 0.0790. The van der Waals surface area contributed by atoms with Gasteiger partial charge in [-0.05, 0) is 24.3 Å². The molecule has 0 unspecified atom stereocenters. The highest BCUT2D eigenvalue weighted by Crippen LogP contribution is 2.29. The second-order valence-corrected chi connectivity index (χ2v) is 7.27. The minimum absolute atomic E-state index is 0.191. The first-order valence-electron chi connectivity index (χ1n) is 10.4. The number of carbonyl (C=O) groups is 2. The van der Waals surface area contributed by atoms with Gasteiger partial charge in [0.2, 0.25) is 0 Å². The molecule has 0 aliphatic heterocycles. The molecule has 0 fully saturated rings. The van der Waals surface area contributed by atoms with Crippen molar-refractivity contribution in [2.24, 2.45) is 7.05 Å². The second kappa shape index (κ2) is 9.96. The Morgan fingerprint density at radius 3 is 2.50 bits per heavy atom. The van der Waals surface area contributed by atoms with Gasteiger partial charge < -0.3 is 19.5 Å². The van der Waals surface area contributed by atoms with Crippen molar-refractivity contribution in [3.8, 4) is 5.75 Å². The van der Waals surface area contributed by atoms with Crippen LogP contribution in [0.5, 0.6) is 5.75 Å². The summed E-state index contributed by atoms with van der Waals surface area (Å²) >= 11 is 0. The molecule has 166 valence electrons. The first kappa shape index (κ1) is 22.8. The molecule has 3 rings (SSSR count). The van der Waals surface area contributed by atoms with Gasteiger partial charge in [0.25, 0.3) is 11.8 Å². The number of imidazole rings is 1. The summed E-state index contributed by atoms with van der Waals surface area (Å²) in [6.07, 6.45) is 4.05. The minimum Gasteiger partial charge on any atom is -0.496 e. The van der Waals surface area contributed by atoms with E-state index in [1.165, 1.54) is 7.11 Å². The Kier molecular flexibility index (Phi) is 7.10. The minimum atomic E-state index is -0.332. The van der Waals surface area contributed by atoms with Crippen LogP contribution in [-0.4, -0.2) is 46.5 Å². The standard InChI is InChI=1S/C25H28N4O3/c1-6-13-29(14-7-2)25(31)17-15-19-23(28(4)22(8-3)26-19)20(16-17)27-24(30)18-11-9-10-12-21(18)32-5/h6-7,9-12,15-16H,1-2,8,13-14H2,3-5H3,(H,27,30). The molecule has 0 radical (unpaired) electrons. The first-order chi connectivity index (χ1) is 15.4. The van der Waals surface area contributed by atoms with Crippen LogP contribution >= 0.6 is 0 Å². The number of nitrogens with one attached hydrogen (secondary N) is 1. The third-order valence-electron chi connectivity index (χ3n) is 5.21. The lowest BCUT2D eigenvalue weighted by Crippen LogP contribution is -2.31. The predicted octanol–water partition coefficient (Wildman–Crippen LogP) is 4.21. The van der Waals surface area contributed by atoms with E-state index in [1.807, 2.05) is 18.5 Å². The highest BCUT2D eigenvalue weighted by molar-refractivity contribution is 6.11. The first-order valence-corrected chi connectivity index (χ1v) is 10.4. The number of aromatic nitrogens is 2. The third-order valence-corrected chi connectivity index (χ3v) is 5.21. The highest BCUT2D eigenvalue weighted by Gasteiger charge is 2.21. The molecule has 0 aliphatic carbocycles. The lowest BCUT2D eigenvalue weighted by atomic mass is 10.1. The third kappa shape index (κ3) is 4.42. The van der Waals surface area contributed by atoms with Crippen molar-refractivity contribution in [3.63, 3.8) is 0 Å². The molecule has 2 amide bonds. The maximum Gasteiger partial charge on any atom is 0.259 e. The van der Waals surface area contributed by atoms with Gasteiger partial charge in [-0.2, -0.15) is 0 Å². The summed E-state index contributed by atoms with van der Waals surface area (Å²) in [6, 6.07) is 10.4. The van der Waals surface area contributed by atoms with Crippen LogP contribution in [0.4, 0.5) is 5.69 Å². The molecular weight excluding hydrogens is 404 g/mol. The molecule has 3 aromatic rings. The fourth-order valence-corrected chi connectivity index (χ4v) is 3.69. The van der Waals surface area contributed by atoms with Crippen LogP contribution in [0.15, 0.2) is 61.7 Å². The number of methoxy groups -OCH3 is 1. The van der Waals surface area contributed by atoms with Crippen LogP contribution in [0.25, 0.3) is 11.0 Å². The van der Waals surface area contributed by atoms with Crippen LogP contribution in [0.1, 0.15) is 33.5 Å². The summed E-state index contributed by atoms with van der Waals surface area (Å²) in [5.74, 6) is 0.798. The number of hydrogen-bond acceptors (Lipinski definition) is 4. The number of aryl methyl sites for hydroxylation is 2. The molecule has 0 spiro atoms. The summed E-state index contributed by atoms with van der Waals surface area (Å²) in [4.78, 5) is 32.6. The Labute approximate surface area is 188 Å². The number of hydrogen-bond donors (Lipinski definition) is 1. The molecule has 1 N–H and O–H groups in total. The van der Waals surface area contributed by atoms with Gasteiger partial charge in [-0.25, -0.2) is 4.98 Å². The lowest BCUT2D eigenvalue weighted by Gasteiger charge is -2.20. The molecule has 0 saturated heterocycles. The van der Waals surface area contributed by atoms with Crippen LogP contribution in [0.3, 0.4) is 0 Å². The van der Waals surface area contributed by atoms with E-state index in [1.54, 1.807) is 53.5 Å². The number of anilines is 1. The Balaban J connectivity index is 2.11. The van der Waals surface area contributed by atoms with Crippen LogP contribution in [0, 0.1) is 0 Å². The maximum atomic E-state index is 13.2. The second-order valence-electron chi connectivity index (χ2n) is 7.27. The fraction of sp³-hybridized carbons (Fsp3) is 0.240. The van der Waals surface area contributed by atoms with Crippen molar-refractivity contribution in [2.75, 3.05) is 25.5 Å². The zero-order valence-electron chi connectivity index (χ0n) is 18.7. The number of rotatable bonds is 9. The van der Waals surface area contributed by atoms with E-state index in [9.17, 15) is 9.59 Å². The van der Waals surface area contributed by atoms with Crippen molar-refractivity contribution >= 4 is 28.5 Å². The number of nitrogens with zero attached hydrogens (tertiary/aromatic N) is 3. The Morgan fingerprint density at radius 2 is 1.88 bits per heavy atom. The fourth-order valence-electron chi connectivity index (χ4n) is 3.69. The number of carbonyl (C=O) groups excluding carboxylic acids is 2. The average molecular weight is 433 g/mol. The van der Waals surface area contributed by atoms with E-state index >= 15 is 0 Å². The summed E-state index contributed by atoms with van der Waals surface area (Å²) in [6.45, 7) is 10.2. The van der Waals surface area contributed by atoms with Crippen LogP contribution < -0.4 is 10.1 Å². The summed E-state index contributed by atoms with van der Waals surface area (Å²) in [5, 5.41) is 2.96. The quantitative estimate of drug-likeness (QED) is 0.514. The zero-order valence-corrected chi connectivity index (χ0v) is 18.7. The monoisotopic (exact) mass is 432 g/mol. The van der Waals surface area contributed by atoms with Crippen molar-refractivity contribution in [1.82, 2.24) is 14.5 Å². The SMILES string of the molecule is C=CCN(CC=C)C(=O)c1cc(NC(=O)c2ccccc2OC)c2c(c1)nc(CC)n2C. The molecule has 0 saturated carbocycles. The topological polar surface area (TPSA) is 76.5 Å². The number of para-hydroxylation sites is 1. The molecule has 0 atom stereocenters. The van der Waals surface area contributed by atoms with Crippen molar-refractivity contribution in [1.29, 1.82) is 0 Å². The van der Waals surface area contributed by atoms with Gasteiger partial charge >= 0.3 is 0 Å². The molecule has 7 nitrogen and oxygen atoms in total. The van der Waals surface area contributed by atoms with Crippen molar-refractivity contribution in [2.45, 2.75) is 13.3 Å². The van der Waals surface area contributed by atoms with Gasteiger partial charge in [0, 0.05) is 32.1 Å². The summed E-state index contributed by atoms with van der Waals surface area (Å²) < 4.78 is 7.26. The molecule has 32 heavy (non-hydrogen) atoms. The van der Waals surface area contributed by atoms with Gasteiger partial charge in [0.15, 0.2) is 0 Å². The smallest absolute Gasteiger partial charge is 0.259 e. The van der Waals surface area contributed by atoms with Gasteiger partial charge in [-0.1, -0.05) is 31.2 Å².